The van der Waals surface area contributed by atoms with Crippen molar-refractivity contribution in [3.05, 3.63) is 71.8 Å². The maximum atomic E-state index is 13.2. The van der Waals surface area contributed by atoms with E-state index in [1.807, 2.05) is 59.5 Å². The van der Waals surface area contributed by atoms with Gasteiger partial charge in [0.15, 0.2) is 0 Å². The van der Waals surface area contributed by atoms with Crippen LogP contribution in [0.4, 0.5) is 0 Å². The van der Waals surface area contributed by atoms with Gasteiger partial charge in [-0.3, -0.25) is 4.79 Å². The predicted octanol–water partition coefficient (Wildman–Crippen LogP) is 4.74. The highest BCUT2D eigenvalue weighted by Gasteiger charge is 2.32. The highest BCUT2D eigenvalue weighted by molar-refractivity contribution is 7.99. The van der Waals surface area contributed by atoms with E-state index >= 15 is 0 Å². The van der Waals surface area contributed by atoms with E-state index < -0.39 is 0 Å². The van der Waals surface area contributed by atoms with Gasteiger partial charge in [-0.25, -0.2) is 0 Å². The van der Waals surface area contributed by atoms with Crippen molar-refractivity contribution < 1.29 is 14.3 Å². The number of carbonyl (C=O) groups excluding carboxylic acids is 1. The number of hydrogen-bond donors (Lipinski definition) is 0. The summed E-state index contributed by atoms with van der Waals surface area (Å²) in [4.78, 5) is 15.2. The number of benzene rings is 3. The van der Waals surface area contributed by atoms with Crippen LogP contribution in [0.5, 0.6) is 11.5 Å². The molecule has 0 radical (unpaired) electrons. The van der Waals surface area contributed by atoms with Crippen LogP contribution in [0.15, 0.2) is 60.7 Å². The van der Waals surface area contributed by atoms with Crippen LogP contribution >= 0.6 is 11.8 Å². The second kappa shape index (κ2) is 7.53. The number of carbonyl (C=O) groups is 1. The van der Waals surface area contributed by atoms with Crippen molar-refractivity contribution in [2.75, 3.05) is 26.5 Å². The number of hydrogen-bond acceptors (Lipinski definition) is 4. The lowest BCUT2D eigenvalue weighted by molar-refractivity contribution is 0.0760. The van der Waals surface area contributed by atoms with Gasteiger partial charge in [0, 0.05) is 23.9 Å². The summed E-state index contributed by atoms with van der Waals surface area (Å²) in [5, 5.41) is 2.17. The van der Waals surface area contributed by atoms with Gasteiger partial charge in [-0.2, -0.15) is 0 Å². The topological polar surface area (TPSA) is 38.8 Å². The number of amides is 1. The zero-order valence-corrected chi connectivity index (χ0v) is 16.2. The van der Waals surface area contributed by atoms with Gasteiger partial charge >= 0.3 is 0 Å². The number of thioether (sulfide) groups is 1. The summed E-state index contributed by atoms with van der Waals surface area (Å²) in [6.07, 6.45) is 0. The molecule has 3 aromatic rings. The second-order valence-electron chi connectivity index (χ2n) is 6.43. The fourth-order valence-corrected chi connectivity index (χ4v) is 4.65. The van der Waals surface area contributed by atoms with Gasteiger partial charge in [0.2, 0.25) is 0 Å². The minimum Gasteiger partial charge on any atom is -0.497 e. The van der Waals surface area contributed by atoms with Gasteiger partial charge in [-0.05, 0) is 40.6 Å². The summed E-state index contributed by atoms with van der Waals surface area (Å²) in [6, 6.07) is 19.8. The molecular formula is C22H21NO3S. The third-order valence-electron chi connectivity index (χ3n) is 4.81. The number of ether oxygens (including phenoxy) is 2. The summed E-state index contributed by atoms with van der Waals surface area (Å²) < 4.78 is 10.8. The molecule has 5 heteroatoms. The smallest absolute Gasteiger partial charge is 0.255 e. The van der Waals surface area contributed by atoms with Gasteiger partial charge in [0.05, 0.1) is 14.2 Å². The largest absolute Gasteiger partial charge is 0.497 e. The SMILES string of the molecule is COc1cc(OC)cc([C@H]2SCCN2C(=O)c2ccc3ccccc3c2)c1. The van der Waals surface area contributed by atoms with Crippen LogP contribution in [0, 0.1) is 0 Å². The fraction of sp³-hybridized carbons (Fsp3) is 0.227. The molecule has 1 saturated heterocycles. The van der Waals surface area contributed by atoms with E-state index in [0.29, 0.717) is 0 Å². The minimum absolute atomic E-state index is 0.0482. The zero-order valence-electron chi connectivity index (χ0n) is 15.3. The highest BCUT2D eigenvalue weighted by atomic mass is 32.2. The van der Waals surface area contributed by atoms with Crippen LogP contribution in [-0.2, 0) is 0 Å². The van der Waals surface area contributed by atoms with E-state index in [1.54, 1.807) is 26.0 Å². The predicted molar refractivity (Wildman–Crippen MR) is 110 cm³/mol. The zero-order chi connectivity index (χ0) is 18.8. The lowest BCUT2D eigenvalue weighted by atomic mass is 10.1. The average Bonchev–Trinajstić information content (AvgIpc) is 3.22. The maximum absolute atomic E-state index is 13.2. The third kappa shape index (κ3) is 3.47. The molecule has 138 valence electrons. The van der Waals surface area contributed by atoms with Gasteiger partial charge in [-0.1, -0.05) is 30.3 Å². The Bertz CT molecular complexity index is 966. The second-order valence-corrected chi connectivity index (χ2v) is 7.62. The Kier molecular flexibility index (Phi) is 4.94. The molecule has 3 aromatic carbocycles. The number of fused-ring (bicyclic) bond motifs is 1. The summed E-state index contributed by atoms with van der Waals surface area (Å²) >= 11 is 1.76. The van der Waals surface area contributed by atoms with Crippen molar-refractivity contribution in [1.82, 2.24) is 4.90 Å². The van der Waals surface area contributed by atoms with E-state index in [4.69, 9.17) is 9.47 Å². The Morgan fingerprint density at radius 3 is 2.37 bits per heavy atom. The van der Waals surface area contributed by atoms with Crippen molar-refractivity contribution >= 4 is 28.4 Å². The quantitative estimate of drug-likeness (QED) is 0.656. The summed E-state index contributed by atoms with van der Waals surface area (Å²) in [7, 11) is 3.27. The molecule has 1 atom stereocenters. The minimum atomic E-state index is -0.0482. The Morgan fingerprint density at radius 1 is 0.963 bits per heavy atom. The molecule has 4 rings (SSSR count). The maximum Gasteiger partial charge on any atom is 0.255 e. The molecule has 0 aliphatic carbocycles. The molecule has 27 heavy (non-hydrogen) atoms. The van der Waals surface area contributed by atoms with Crippen LogP contribution in [0.1, 0.15) is 21.3 Å². The Morgan fingerprint density at radius 2 is 1.67 bits per heavy atom. The van der Waals surface area contributed by atoms with Gasteiger partial charge in [0.25, 0.3) is 5.91 Å². The molecular weight excluding hydrogens is 358 g/mol. The lowest BCUT2D eigenvalue weighted by Gasteiger charge is -2.25. The third-order valence-corrected chi connectivity index (χ3v) is 6.07. The molecule has 0 bridgehead atoms. The summed E-state index contributed by atoms with van der Waals surface area (Å²) in [5.41, 5.74) is 1.74. The number of rotatable bonds is 4. The first-order chi connectivity index (χ1) is 13.2. The molecule has 0 N–H and O–H groups in total. The van der Waals surface area contributed by atoms with Crippen LogP contribution in [0.25, 0.3) is 10.8 Å². The molecule has 0 aromatic heterocycles. The fourth-order valence-electron chi connectivity index (χ4n) is 3.41. The molecule has 1 aliphatic heterocycles. The lowest BCUT2D eigenvalue weighted by Crippen LogP contribution is -2.30. The first-order valence-electron chi connectivity index (χ1n) is 8.84. The Balaban J connectivity index is 1.67. The van der Waals surface area contributed by atoms with Crippen LogP contribution < -0.4 is 9.47 Å². The molecule has 0 saturated carbocycles. The number of nitrogens with zero attached hydrogens (tertiary/aromatic N) is 1. The Hall–Kier alpha value is -2.66. The first kappa shape index (κ1) is 17.7. The van der Waals surface area contributed by atoms with E-state index in [2.05, 4.69) is 6.07 Å². The average molecular weight is 379 g/mol. The van der Waals surface area contributed by atoms with Crippen LogP contribution in [0.2, 0.25) is 0 Å². The molecule has 1 aliphatic rings. The standard InChI is InChI=1S/C22H21NO3S/c1-25-19-12-18(13-20(14-19)26-2)22-23(9-10-27-22)21(24)17-8-7-15-5-3-4-6-16(15)11-17/h3-8,11-14,22H,9-10H2,1-2H3/t22-/m1/s1. The first-order valence-corrected chi connectivity index (χ1v) is 9.89. The van der Waals surface area contributed by atoms with E-state index in [-0.39, 0.29) is 11.3 Å². The van der Waals surface area contributed by atoms with E-state index in [9.17, 15) is 4.79 Å². The monoisotopic (exact) mass is 379 g/mol. The molecule has 1 heterocycles. The van der Waals surface area contributed by atoms with Gasteiger partial charge in [-0.15, -0.1) is 11.8 Å². The van der Waals surface area contributed by atoms with E-state index in [0.717, 1.165) is 45.7 Å². The van der Waals surface area contributed by atoms with Crippen molar-refractivity contribution in [2.45, 2.75) is 5.37 Å². The van der Waals surface area contributed by atoms with Gasteiger partial charge < -0.3 is 14.4 Å². The van der Waals surface area contributed by atoms with Crippen molar-refractivity contribution in [1.29, 1.82) is 0 Å². The highest BCUT2D eigenvalue weighted by Crippen LogP contribution is 2.41. The van der Waals surface area contributed by atoms with Crippen LogP contribution in [-0.4, -0.2) is 37.3 Å². The Labute approximate surface area is 163 Å². The summed E-state index contributed by atoms with van der Waals surface area (Å²) in [5.74, 6) is 2.42. The van der Waals surface area contributed by atoms with Crippen LogP contribution in [0.3, 0.4) is 0 Å². The number of methoxy groups -OCH3 is 2. The van der Waals surface area contributed by atoms with Gasteiger partial charge in [0.1, 0.15) is 16.9 Å². The molecule has 1 fully saturated rings. The molecule has 0 spiro atoms. The molecule has 4 nitrogen and oxygen atoms in total. The molecule has 1 amide bonds. The normalized spacial score (nSPS) is 16.5. The molecule has 0 unspecified atom stereocenters. The summed E-state index contributed by atoms with van der Waals surface area (Å²) in [6.45, 7) is 0.723. The van der Waals surface area contributed by atoms with E-state index in [1.165, 1.54) is 0 Å². The van der Waals surface area contributed by atoms with Crippen molar-refractivity contribution in [3.63, 3.8) is 0 Å². The van der Waals surface area contributed by atoms with Crippen molar-refractivity contribution in [3.8, 4) is 11.5 Å². The van der Waals surface area contributed by atoms with Crippen molar-refractivity contribution in [2.24, 2.45) is 0 Å².